The highest BCUT2D eigenvalue weighted by Crippen LogP contribution is 2.38. The Morgan fingerprint density at radius 2 is 1.88 bits per heavy atom. The summed E-state index contributed by atoms with van der Waals surface area (Å²) in [6, 6.07) is 2.68. The number of rotatable bonds is 6. The highest BCUT2D eigenvalue weighted by Gasteiger charge is 2.33. The summed E-state index contributed by atoms with van der Waals surface area (Å²) < 4.78 is 12.3. The van der Waals surface area contributed by atoms with E-state index in [1.807, 2.05) is 26.0 Å². The highest BCUT2D eigenvalue weighted by atomic mass is 79.9. The van der Waals surface area contributed by atoms with Gasteiger partial charge in [-0.3, -0.25) is 0 Å². The smallest absolute Gasteiger partial charge is 0.338 e. The Balaban J connectivity index is 2.45. The molecular weight excluding hydrogens is 456 g/mol. The van der Waals surface area contributed by atoms with Crippen LogP contribution in [0.5, 0.6) is 5.75 Å². The summed E-state index contributed by atoms with van der Waals surface area (Å²) >= 11 is 6.96. The molecule has 0 saturated heterocycles. The number of allylic oxidation sites excluding steroid dienone is 1. The summed E-state index contributed by atoms with van der Waals surface area (Å²) in [6.07, 6.45) is 0.725. The Morgan fingerprint density at radius 1 is 1.24 bits per heavy atom. The Hall–Kier alpha value is -1.54. The highest BCUT2D eigenvalue weighted by molar-refractivity contribution is 9.11. The lowest BCUT2D eigenvalue weighted by Crippen LogP contribution is -2.45. The van der Waals surface area contributed by atoms with Crippen molar-refractivity contribution in [3.05, 3.63) is 37.9 Å². The van der Waals surface area contributed by atoms with E-state index in [0.717, 1.165) is 20.9 Å². The molecule has 1 aliphatic rings. The number of halogens is 2. The number of carbonyl (C=O) groups excluding carboxylic acids is 2. The van der Waals surface area contributed by atoms with Gasteiger partial charge in [0.1, 0.15) is 5.75 Å². The molecule has 2 amide bonds. The molecule has 0 spiro atoms. The fourth-order valence-corrected chi connectivity index (χ4v) is 3.97. The Labute approximate surface area is 163 Å². The minimum absolute atomic E-state index is 0.326. The van der Waals surface area contributed by atoms with Gasteiger partial charge >= 0.3 is 12.0 Å². The van der Waals surface area contributed by atoms with E-state index in [-0.39, 0.29) is 6.03 Å². The van der Waals surface area contributed by atoms with Gasteiger partial charge in [0, 0.05) is 5.70 Å². The molecule has 0 aromatic heterocycles. The second-order valence-electron chi connectivity index (χ2n) is 5.45. The second kappa shape index (κ2) is 8.71. The average Bonchev–Trinajstić information content (AvgIpc) is 2.55. The number of nitrogens with one attached hydrogen (secondary N) is 2. The maximum Gasteiger partial charge on any atom is 0.338 e. The average molecular weight is 476 g/mol. The van der Waals surface area contributed by atoms with Crippen LogP contribution in [-0.2, 0) is 9.53 Å². The van der Waals surface area contributed by atoms with Gasteiger partial charge in [-0.05, 0) is 69.8 Å². The number of benzene rings is 1. The van der Waals surface area contributed by atoms with Crippen LogP contribution in [0.1, 0.15) is 38.8 Å². The first-order valence-electron chi connectivity index (χ1n) is 7.96. The molecule has 0 saturated carbocycles. The van der Waals surface area contributed by atoms with Crippen LogP contribution in [-0.4, -0.2) is 25.2 Å². The van der Waals surface area contributed by atoms with Gasteiger partial charge in [0.25, 0.3) is 0 Å². The molecule has 0 fully saturated rings. The molecule has 0 bridgehead atoms. The van der Waals surface area contributed by atoms with Crippen LogP contribution in [0, 0.1) is 0 Å². The van der Waals surface area contributed by atoms with Gasteiger partial charge < -0.3 is 20.1 Å². The van der Waals surface area contributed by atoms with Gasteiger partial charge in [0.05, 0.1) is 33.8 Å². The van der Waals surface area contributed by atoms with E-state index in [2.05, 4.69) is 42.5 Å². The topological polar surface area (TPSA) is 76.7 Å². The third-order valence-electron chi connectivity index (χ3n) is 3.57. The first-order chi connectivity index (χ1) is 11.9. The van der Waals surface area contributed by atoms with Crippen LogP contribution >= 0.6 is 31.9 Å². The summed E-state index contributed by atoms with van der Waals surface area (Å²) in [5.41, 5.74) is 1.60. The molecule has 1 aromatic carbocycles. The quantitative estimate of drug-likeness (QED) is 0.604. The van der Waals surface area contributed by atoms with Crippen LogP contribution in [0.15, 0.2) is 32.3 Å². The monoisotopic (exact) mass is 474 g/mol. The van der Waals surface area contributed by atoms with E-state index < -0.39 is 12.0 Å². The molecule has 1 atom stereocenters. The SMILES string of the molecule is CCCOC(=O)C1=C(C)NC(=O)NC1c1cc(Br)c(OCC)c(Br)c1. The van der Waals surface area contributed by atoms with Crippen molar-refractivity contribution in [3.8, 4) is 5.75 Å². The van der Waals surface area contributed by atoms with E-state index >= 15 is 0 Å². The number of carbonyl (C=O) groups is 2. The van der Waals surface area contributed by atoms with Crippen molar-refractivity contribution in [2.24, 2.45) is 0 Å². The van der Waals surface area contributed by atoms with Gasteiger partial charge in [-0.2, -0.15) is 0 Å². The predicted molar refractivity (Wildman–Crippen MR) is 101 cm³/mol. The zero-order valence-electron chi connectivity index (χ0n) is 14.2. The molecule has 25 heavy (non-hydrogen) atoms. The van der Waals surface area contributed by atoms with Crippen molar-refractivity contribution < 1.29 is 19.1 Å². The van der Waals surface area contributed by atoms with Crippen LogP contribution in [0.25, 0.3) is 0 Å². The van der Waals surface area contributed by atoms with Crippen molar-refractivity contribution in [3.63, 3.8) is 0 Å². The normalized spacial score (nSPS) is 17.0. The van der Waals surface area contributed by atoms with Crippen molar-refractivity contribution in [2.45, 2.75) is 33.2 Å². The fourth-order valence-electron chi connectivity index (χ4n) is 2.52. The number of ether oxygens (including phenoxy) is 2. The lowest BCUT2D eigenvalue weighted by molar-refractivity contribution is -0.139. The second-order valence-corrected chi connectivity index (χ2v) is 7.16. The van der Waals surface area contributed by atoms with Crippen molar-refractivity contribution >= 4 is 43.9 Å². The van der Waals surface area contributed by atoms with Gasteiger partial charge in [0.2, 0.25) is 0 Å². The molecule has 0 radical (unpaired) electrons. The molecule has 8 heteroatoms. The zero-order valence-corrected chi connectivity index (χ0v) is 17.4. The number of amides is 2. The number of hydrogen-bond donors (Lipinski definition) is 2. The minimum Gasteiger partial charge on any atom is -0.492 e. The first-order valence-corrected chi connectivity index (χ1v) is 9.54. The van der Waals surface area contributed by atoms with E-state index in [1.165, 1.54) is 0 Å². The lowest BCUT2D eigenvalue weighted by Gasteiger charge is -2.28. The molecule has 1 heterocycles. The summed E-state index contributed by atoms with van der Waals surface area (Å²) in [7, 11) is 0. The molecule has 0 aliphatic carbocycles. The molecule has 2 N–H and O–H groups in total. The third-order valence-corrected chi connectivity index (χ3v) is 4.75. The Kier molecular flexibility index (Phi) is 6.89. The summed E-state index contributed by atoms with van der Waals surface area (Å²) in [6.45, 7) is 6.36. The Bertz CT molecular complexity index is 696. The molecular formula is C17H20Br2N2O4. The fraction of sp³-hybridized carbons (Fsp3) is 0.412. The molecule has 136 valence electrons. The molecule has 1 unspecified atom stereocenters. The van der Waals surface area contributed by atoms with Gasteiger partial charge in [-0.25, -0.2) is 9.59 Å². The van der Waals surface area contributed by atoms with E-state index in [1.54, 1.807) is 6.92 Å². The summed E-state index contributed by atoms with van der Waals surface area (Å²) in [5.74, 6) is 0.223. The van der Waals surface area contributed by atoms with E-state index in [0.29, 0.717) is 30.2 Å². The van der Waals surface area contributed by atoms with Crippen LogP contribution < -0.4 is 15.4 Å². The molecule has 1 aliphatic heterocycles. The van der Waals surface area contributed by atoms with Crippen molar-refractivity contribution in [2.75, 3.05) is 13.2 Å². The van der Waals surface area contributed by atoms with Gasteiger partial charge in [-0.15, -0.1) is 0 Å². The third kappa shape index (κ3) is 4.55. The molecule has 6 nitrogen and oxygen atoms in total. The molecule has 1 aromatic rings. The first kappa shape index (κ1) is 19.8. The minimum atomic E-state index is -0.610. The molecule has 2 rings (SSSR count). The number of urea groups is 1. The number of hydrogen-bond acceptors (Lipinski definition) is 4. The van der Waals surface area contributed by atoms with Crippen molar-refractivity contribution in [1.29, 1.82) is 0 Å². The summed E-state index contributed by atoms with van der Waals surface area (Å²) in [5, 5.41) is 5.41. The van der Waals surface area contributed by atoms with Crippen LogP contribution in [0.3, 0.4) is 0 Å². The van der Waals surface area contributed by atoms with Gasteiger partial charge in [0.15, 0.2) is 0 Å². The van der Waals surface area contributed by atoms with E-state index in [9.17, 15) is 9.59 Å². The van der Waals surface area contributed by atoms with Crippen LogP contribution in [0.2, 0.25) is 0 Å². The van der Waals surface area contributed by atoms with Crippen molar-refractivity contribution in [1.82, 2.24) is 10.6 Å². The van der Waals surface area contributed by atoms with E-state index in [4.69, 9.17) is 9.47 Å². The maximum absolute atomic E-state index is 12.5. The number of esters is 1. The largest absolute Gasteiger partial charge is 0.492 e. The standard InChI is InChI=1S/C17H20Br2N2O4/c1-4-6-25-16(22)13-9(3)20-17(23)21-14(13)10-7-11(18)15(24-5-2)12(19)8-10/h7-8,14H,4-6H2,1-3H3,(H2,20,21,23). The summed E-state index contributed by atoms with van der Waals surface area (Å²) in [4.78, 5) is 24.4. The predicted octanol–water partition coefficient (Wildman–Crippen LogP) is 4.19. The van der Waals surface area contributed by atoms with Crippen LogP contribution in [0.4, 0.5) is 4.79 Å². The van der Waals surface area contributed by atoms with Gasteiger partial charge in [-0.1, -0.05) is 6.92 Å². The zero-order chi connectivity index (χ0) is 18.6. The Morgan fingerprint density at radius 3 is 2.44 bits per heavy atom. The lowest BCUT2D eigenvalue weighted by atomic mass is 9.95. The maximum atomic E-state index is 12.5.